The highest BCUT2D eigenvalue weighted by Gasteiger charge is 2.15. The zero-order chi connectivity index (χ0) is 32.9. The first-order valence-corrected chi connectivity index (χ1v) is 20.3. The van der Waals surface area contributed by atoms with Crippen LogP contribution >= 0.6 is 0 Å². The summed E-state index contributed by atoms with van der Waals surface area (Å²) < 4.78 is 13.4. The molecule has 0 heterocycles. The fourth-order valence-corrected chi connectivity index (χ4v) is 5.84. The van der Waals surface area contributed by atoms with E-state index in [2.05, 4.69) is 59.3 Å². The Morgan fingerprint density at radius 1 is 0.400 bits per heavy atom. The largest absolute Gasteiger partial charge is 0.352 e. The monoisotopic (exact) mass is 635 g/mol. The maximum absolute atomic E-state index is 6.24. The van der Waals surface area contributed by atoms with Crippen LogP contribution in [0.15, 0.2) is 24.3 Å². The molecular weight excluding hydrogens is 550 g/mol. The molecule has 45 heavy (non-hydrogen) atoms. The lowest BCUT2D eigenvalue weighted by Crippen LogP contribution is -2.38. The Bertz CT molecular complexity index is 564. The third-order valence-electron chi connectivity index (χ3n) is 8.96. The molecule has 0 unspecified atom stereocenters. The van der Waals surface area contributed by atoms with Gasteiger partial charge in [-0.2, -0.15) is 0 Å². The van der Waals surface area contributed by atoms with Gasteiger partial charge in [-0.25, -0.2) is 0 Å². The quantitative estimate of drug-likeness (QED) is 0.0293. The second-order valence-corrected chi connectivity index (χ2v) is 14.8. The molecule has 0 aliphatic heterocycles. The lowest BCUT2D eigenvalue weighted by Gasteiger charge is -2.27. The Morgan fingerprint density at radius 3 is 1.00 bits per heavy atom. The molecule has 0 atom stereocenters. The number of unbranched alkanes of at least 4 members (excludes halogenated alkanes) is 24. The Labute approximate surface area is 285 Å². The second kappa shape index (κ2) is 36.2. The number of rotatable bonds is 37. The van der Waals surface area contributed by atoms with E-state index in [0.29, 0.717) is 0 Å². The molecule has 0 aliphatic carbocycles. The molecule has 3 nitrogen and oxygen atoms in total. The maximum atomic E-state index is 6.24. The summed E-state index contributed by atoms with van der Waals surface area (Å²) in [7, 11) is 6.77. The van der Waals surface area contributed by atoms with Gasteiger partial charge in [-0.3, -0.25) is 0 Å². The lowest BCUT2D eigenvalue weighted by atomic mass is 10.1. The van der Waals surface area contributed by atoms with Crippen molar-refractivity contribution in [3.8, 4) is 0 Å². The van der Waals surface area contributed by atoms with Crippen LogP contribution in [0.25, 0.3) is 0 Å². The number of ether oxygens (including phenoxy) is 2. The summed E-state index contributed by atoms with van der Waals surface area (Å²) in [6, 6.07) is 0. The molecule has 0 rings (SSSR count). The summed E-state index contributed by atoms with van der Waals surface area (Å²) in [4.78, 5) is 0. The molecule has 0 saturated carbocycles. The number of allylic oxidation sites excluding steroid dienone is 4. The van der Waals surface area contributed by atoms with Crippen molar-refractivity contribution in [1.29, 1.82) is 0 Å². The average molecular weight is 635 g/mol. The third-order valence-corrected chi connectivity index (χ3v) is 8.96. The number of quaternary nitrogens is 1. The van der Waals surface area contributed by atoms with Crippen molar-refractivity contribution in [2.45, 2.75) is 206 Å². The molecule has 0 radical (unpaired) electrons. The first-order chi connectivity index (χ1) is 22.0. The summed E-state index contributed by atoms with van der Waals surface area (Å²) in [6.07, 6.45) is 48.3. The van der Waals surface area contributed by atoms with Crippen molar-refractivity contribution < 1.29 is 14.0 Å². The summed E-state index contributed by atoms with van der Waals surface area (Å²) in [5, 5.41) is 0. The van der Waals surface area contributed by atoms with Crippen molar-refractivity contribution in [2.24, 2.45) is 0 Å². The molecule has 0 fully saturated rings. The van der Waals surface area contributed by atoms with Gasteiger partial charge in [-0.15, -0.1) is 0 Å². The van der Waals surface area contributed by atoms with Gasteiger partial charge >= 0.3 is 0 Å². The van der Waals surface area contributed by atoms with Crippen LogP contribution in [0.3, 0.4) is 0 Å². The van der Waals surface area contributed by atoms with Crippen molar-refractivity contribution in [2.75, 3.05) is 40.9 Å². The Hall–Kier alpha value is -0.640. The molecule has 0 aromatic heterocycles. The van der Waals surface area contributed by atoms with E-state index in [9.17, 15) is 0 Å². The molecule has 0 bridgehead atoms. The zero-order valence-electron chi connectivity index (χ0n) is 31.8. The summed E-state index contributed by atoms with van der Waals surface area (Å²) in [5.41, 5.74) is 0. The molecule has 0 aliphatic rings. The van der Waals surface area contributed by atoms with E-state index < -0.39 is 0 Å². The minimum absolute atomic E-state index is 0.0337. The topological polar surface area (TPSA) is 18.5 Å². The molecule has 0 spiro atoms. The fraction of sp³-hybridized carbons (Fsp3) is 0.905. The van der Waals surface area contributed by atoms with E-state index in [1.54, 1.807) is 0 Å². The van der Waals surface area contributed by atoms with E-state index in [1.165, 1.54) is 167 Å². The van der Waals surface area contributed by atoms with Gasteiger partial charge in [0, 0.05) is 19.6 Å². The van der Waals surface area contributed by atoms with Gasteiger partial charge < -0.3 is 14.0 Å². The molecule has 3 heteroatoms. The molecular formula is C42H84NO2+. The maximum Gasteiger partial charge on any atom is 0.162 e. The van der Waals surface area contributed by atoms with Gasteiger partial charge in [0.1, 0.15) is 0 Å². The molecule has 268 valence electrons. The van der Waals surface area contributed by atoms with Gasteiger partial charge in [0.05, 0.1) is 27.7 Å². The van der Waals surface area contributed by atoms with Gasteiger partial charge in [0.25, 0.3) is 0 Å². The second-order valence-electron chi connectivity index (χ2n) is 14.8. The highest BCUT2D eigenvalue weighted by atomic mass is 16.7. The van der Waals surface area contributed by atoms with Crippen LogP contribution in [-0.4, -0.2) is 51.7 Å². The van der Waals surface area contributed by atoms with Crippen LogP contribution < -0.4 is 0 Å². The molecule has 0 amide bonds. The van der Waals surface area contributed by atoms with Crippen LogP contribution in [0, 0.1) is 0 Å². The minimum Gasteiger partial charge on any atom is -0.352 e. The Balaban J connectivity index is 3.71. The predicted octanol–water partition coefficient (Wildman–Crippen LogP) is 13.5. The van der Waals surface area contributed by atoms with Gasteiger partial charge in [0.15, 0.2) is 6.29 Å². The summed E-state index contributed by atoms with van der Waals surface area (Å²) in [5.74, 6) is 0. The number of hydrogen-bond donors (Lipinski definition) is 0. The molecule has 0 saturated heterocycles. The third kappa shape index (κ3) is 39.5. The first-order valence-electron chi connectivity index (χ1n) is 20.3. The standard InChI is InChI=1S/C42H84NO2/c1-6-8-10-12-14-16-18-20-22-24-26-28-30-32-34-36-40-44-42(38-39-43(3,4)5)45-41-37-35-33-31-29-27-25-23-21-19-17-15-13-11-9-7-2/h20-23,42H,6-19,24-41H2,1-5H3/q+1. The Morgan fingerprint density at radius 2 is 0.689 bits per heavy atom. The van der Waals surface area contributed by atoms with Gasteiger partial charge in [-0.05, 0) is 64.2 Å². The Kier molecular flexibility index (Phi) is 35.7. The van der Waals surface area contributed by atoms with Crippen molar-refractivity contribution in [1.82, 2.24) is 0 Å². The number of hydrogen-bond acceptors (Lipinski definition) is 2. The number of nitrogens with zero attached hydrogens (tertiary/aromatic N) is 1. The molecule has 0 aromatic carbocycles. The first kappa shape index (κ1) is 44.4. The van der Waals surface area contributed by atoms with Crippen LogP contribution in [0.1, 0.15) is 200 Å². The van der Waals surface area contributed by atoms with Gasteiger partial charge in [-0.1, -0.05) is 154 Å². The smallest absolute Gasteiger partial charge is 0.162 e. The van der Waals surface area contributed by atoms with Crippen molar-refractivity contribution in [3.05, 3.63) is 24.3 Å². The lowest BCUT2D eigenvalue weighted by molar-refractivity contribution is -0.871. The molecule has 0 N–H and O–H groups in total. The predicted molar refractivity (Wildman–Crippen MR) is 202 cm³/mol. The summed E-state index contributed by atoms with van der Waals surface area (Å²) in [6.45, 7) is 7.36. The van der Waals surface area contributed by atoms with Crippen molar-refractivity contribution in [3.63, 3.8) is 0 Å². The average Bonchev–Trinajstić information content (AvgIpc) is 3.02. The molecule has 0 aromatic rings. The van der Waals surface area contributed by atoms with E-state index >= 15 is 0 Å². The highest BCUT2D eigenvalue weighted by molar-refractivity contribution is 4.82. The van der Waals surface area contributed by atoms with E-state index in [4.69, 9.17) is 9.47 Å². The van der Waals surface area contributed by atoms with Crippen LogP contribution in [0.2, 0.25) is 0 Å². The van der Waals surface area contributed by atoms with E-state index in [1.807, 2.05) is 0 Å². The van der Waals surface area contributed by atoms with E-state index in [0.717, 1.165) is 43.5 Å². The SMILES string of the molecule is CCCCCCCCC=CCCCCCCCCOC(CC[N+](C)(C)C)OCCCCCCCCC=CCCCCCCCC. The highest BCUT2D eigenvalue weighted by Crippen LogP contribution is 2.13. The van der Waals surface area contributed by atoms with Crippen LogP contribution in [0.5, 0.6) is 0 Å². The van der Waals surface area contributed by atoms with Gasteiger partial charge in [0.2, 0.25) is 0 Å². The normalized spacial score (nSPS) is 13.1. The van der Waals surface area contributed by atoms with Crippen molar-refractivity contribution >= 4 is 0 Å². The zero-order valence-corrected chi connectivity index (χ0v) is 31.8. The minimum atomic E-state index is -0.0337. The van der Waals surface area contributed by atoms with E-state index in [-0.39, 0.29) is 6.29 Å². The van der Waals surface area contributed by atoms with Crippen LogP contribution in [-0.2, 0) is 9.47 Å². The van der Waals surface area contributed by atoms with Crippen LogP contribution in [0.4, 0.5) is 0 Å². The fourth-order valence-electron chi connectivity index (χ4n) is 5.84. The summed E-state index contributed by atoms with van der Waals surface area (Å²) >= 11 is 0.